The van der Waals surface area contributed by atoms with Crippen molar-refractivity contribution in [2.45, 2.75) is 6.17 Å². The summed E-state index contributed by atoms with van der Waals surface area (Å²) in [6.07, 6.45) is -0.357. The highest BCUT2D eigenvalue weighted by molar-refractivity contribution is 7.26. The molecule has 0 fully saturated rings. The third-order valence-electron chi connectivity index (χ3n) is 11.3. The molecule has 1 unspecified atom stereocenters. The summed E-state index contributed by atoms with van der Waals surface area (Å²) in [5.74, 6) is 1.41. The third-order valence-corrected chi connectivity index (χ3v) is 12.5. The zero-order valence-corrected chi connectivity index (χ0v) is 31.4. The summed E-state index contributed by atoms with van der Waals surface area (Å²) in [6, 6.07) is 64.2. The number of aliphatic imine (C=N–C) groups is 2. The lowest BCUT2D eigenvalue weighted by atomic mass is 10.00. The van der Waals surface area contributed by atoms with Gasteiger partial charge in [0, 0.05) is 64.1 Å². The van der Waals surface area contributed by atoms with E-state index in [1.54, 1.807) is 0 Å². The average Bonchev–Trinajstić information content (AvgIpc) is 3.96. The van der Waals surface area contributed by atoms with E-state index >= 15 is 0 Å². The maximum atomic E-state index is 7.01. The highest BCUT2D eigenvalue weighted by atomic mass is 32.1. The third kappa shape index (κ3) is 5.01. The molecular weight excluding hydrogens is 717 g/mol. The zero-order valence-electron chi connectivity index (χ0n) is 30.6. The van der Waals surface area contributed by atoms with Crippen LogP contribution in [-0.2, 0) is 0 Å². The van der Waals surface area contributed by atoms with Crippen molar-refractivity contribution in [3.8, 4) is 16.8 Å². The Labute approximate surface area is 331 Å². The van der Waals surface area contributed by atoms with E-state index in [0.29, 0.717) is 5.84 Å². The van der Waals surface area contributed by atoms with E-state index in [1.807, 2.05) is 29.5 Å². The van der Waals surface area contributed by atoms with Crippen LogP contribution in [0.25, 0.3) is 80.7 Å². The van der Waals surface area contributed by atoms with Crippen molar-refractivity contribution in [2.24, 2.45) is 9.98 Å². The average molecular weight is 749 g/mol. The lowest BCUT2D eigenvalue weighted by Crippen LogP contribution is -2.33. The topological polar surface area (TPSA) is 54.8 Å². The summed E-state index contributed by atoms with van der Waals surface area (Å²) in [6.45, 7) is 0. The Morgan fingerprint density at radius 2 is 1.16 bits per heavy atom. The van der Waals surface area contributed by atoms with Gasteiger partial charge < -0.3 is 14.3 Å². The van der Waals surface area contributed by atoms with Crippen molar-refractivity contribution in [3.05, 3.63) is 199 Å². The van der Waals surface area contributed by atoms with E-state index in [2.05, 4.69) is 174 Å². The summed E-state index contributed by atoms with van der Waals surface area (Å²) in [5.41, 5.74) is 10.2. The number of rotatable bonds is 5. The molecule has 6 heteroatoms. The van der Waals surface area contributed by atoms with Crippen LogP contribution < -0.4 is 5.32 Å². The monoisotopic (exact) mass is 748 g/mol. The van der Waals surface area contributed by atoms with Crippen LogP contribution in [0.15, 0.2) is 196 Å². The molecule has 0 radical (unpaired) electrons. The smallest absolute Gasteiger partial charge is 0.163 e. The van der Waals surface area contributed by atoms with Crippen LogP contribution in [0.1, 0.15) is 22.9 Å². The van der Waals surface area contributed by atoms with Crippen LogP contribution in [0.4, 0.5) is 0 Å². The number of nitrogens with one attached hydrogen (secondary N) is 1. The maximum absolute atomic E-state index is 7.01. The SMILES string of the molecule is c1ccc(C2=NC(c3cccc4c3oc3c(-c5ccc6c(c5)c5ccccc5n6-c5ccccc5)cccc34)=NC(c3cccc4c3sc3ccccc34)N2)cc1. The van der Waals surface area contributed by atoms with Gasteiger partial charge in [0.25, 0.3) is 0 Å². The largest absolute Gasteiger partial charge is 0.455 e. The van der Waals surface area contributed by atoms with Crippen molar-refractivity contribution >= 4 is 86.9 Å². The van der Waals surface area contributed by atoms with Crippen LogP contribution >= 0.6 is 11.3 Å². The lowest BCUT2D eigenvalue weighted by Gasteiger charge is -2.24. The number of amidine groups is 2. The summed E-state index contributed by atoms with van der Waals surface area (Å²) >= 11 is 1.81. The van der Waals surface area contributed by atoms with E-state index < -0.39 is 0 Å². The molecule has 8 aromatic carbocycles. The Balaban J connectivity index is 1.04. The molecule has 0 saturated heterocycles. The van der Waals surface area contributed by atoms with E-state index in [-0.39, 0.29) is 6.17 Å². The van der Waals surface area contributed by atoms with Crippen LogP contribution in [0, 0.1) is 0 Å². The molecule has 1 N–H and O–H groups in total. The van der Waals surface area contributed by atoms with Crippen molar-refractivity contribution in [3.63, 3.8) is 0 Å². The molecule has 0 spiro atoms. The fourth-order valence-corrected chi connectivity index (χ4v) is 9.92. The molecule has 1 aliphatic heterocycles. The number of hydrogen-bond donors (Lipinski definition) is 1. The standard InChI is InChI=1S/C51H32N4OS/c1-3-14-31(15-4-1)49-52-50(54-51(53-49)41-25-13-23-39-36-19-8-10-27-45(36)57-48(39)41)40-24-12-22-38-37-21-11-20-34(46(37)56-47(38)40)32-28-29-44-42(30-32)35-18-7-9-26-43(35)55(44)33-16-5-2-6-17-33/h1-30,51H,(H,52,53,54). The molecule has 268 valence electrons. The summed E-state index contributed by atoms with van der Waals surface area (Å²) < 4.78 is 11.9. The first-order chi connectivity index (χ1) is 28.3. The molecule has 4 heterocycles. The molecule has 1 aliphatic rings. The van der Waals surface area contributed by atoms with Gasteiger partial charge in [0.15, 0.2) is 5.84 Å². The number of benzene rings is 8. The predicted octanol–water partition coefficient (Wildman–Crippen LogP) is 13.2. The van der Waals surface area contributed by atoms with E-state index in [1.165, 1.54) is 42.0 Å². The van der Waals surface area contributed by atoms with E-state index in [0.717, 1.165) is 61.3 Å². The van der Waals surface area contributed by atoms with Gasteiger partial charge in [-0.25, -0.2) is 9.98 Å². The highest BCUT2D eigenvalue weighted by Crippen LogP contribution is 2.42. The molecule has 5 nitrogen and oxygen atoms in total. The van der Waals surface area contributed by atoms with Gasteiger partial charge in [-0.3, -0.25) is 0 Å². The number of nitrogens with zero attached hydrogens (tertiary/aromatic N) is 3. The number of furan rings is 1. The quantitative estimate of drug-likeness (QED) is 0.191. The lowest BCUT2D eigenvalue weighted by molar-refractivity contribution is 0.665. The molecule has 11 aromatic rings. The fraction of sp³-hybridized carbons (Fsp3) is 0.0196. The fourth-order valence-electron chi connectivity index (χ4n) is 8.68. The molecule has 12 rings (SSSR count). The minimum absolute atomic E-state index is 0.357. The Kier molecular flexibility index (Phi) is 7.09. The van der Waals surface area contributed by atoms with Gasteiger partial charge in [0.1, 0.15) is 23.2 Å². The van der Waals surface area contributed by atoms with Crippen molar-refractivity contribution in [1.29, 1.82) is 0 Å². The minimum atomic E-state index is -0.357. The van der Waals surface area contributed by atoms with Gasteiger partial charge in [-0.05, 0) is 48.0 Å². The van der Waals surface area contributed by atoms with E-state index in [4.69, 9.17) is 14.4 Å². The highest BCUT2D eigenvalue weighted by Gasteiger charge is 2.26. The second kappa shape index (κ2) is 12.6. The molecule has 3 aromatic heterocycles. The Bertz CT molecular complexity index is 3450. The van der Waals surface area contributed by atoms with Gasteiger partial charge in [0.2, 0.25) is 0 Å². The second-order valence-corrected chi connectivity index (χ2v) is 15.6. The zero-order chi connectivity index (χ0) is 37.5. The molecule has 0 bridgehead atoms. The normalized spacial score (nSPS) is 14.5. The van der Waals surface area contributed by atoms with Crippen molar-refractivity contribution < 1.29 is 4.42 Å². The van der Waals surface area contributed by atoms with Crippen molar-refractivity contribution in [1.82, 2.24) is 9.88 Å². The molecule has 0 aliphatic carbocycles. The van der Waals surface area contributed by atoms with Gasteiger partial charge >= 0.3 is 0 Å². The summed E-state index contributed by atoms with van der Waals surface area (Å²) in [4.78, 5) is 10.6. The first kappa shape index (κ1) is 32.0. The summed E-state index contributed by atoms with van der Waals surface area (Å²) in [5, 5.41) is 10.7. The van der Waals surface area contributed by atoms with Crippen LogP contribution in [0.5, 0.6) is 0 Å². The number of fused-ring (bicyclic) bond motifs is 9. The van der Waals surface area contributed by atoms with Gasteiger partial charge in [-0.2, -0.15) is 0 Å². The first-order valence-electron chi connectivity index (χ1n) is 19.2. The first-order valence-corrected chi connectivity index (χ1v) is 20.0. The Morgan fingerprint density at radius 3 is 2.00 bits per heavy atom. The number of aromatic nitrogens is 1. The molecular formula is C51H32N4OS. The van der Waals surface area contributed by atoms with Crippen molar-refractivity contribution in [2.75, 3.05) is 0 Å². The van der Waals surface area contributed by atoms with Crippen LogP contribution in [0.3, 0.4) is 0 Å². The molecule has 0 amide bonds. The van der Waals surface area contributed by atoms with Gasteiger partial charge in [-0.1, -0.05) is 140 Å². The Hall–Kier alpha value is -7.28. The molecule has 57 heavy (non-hydrogen) atoms. The number of para-hydroxylation sites is 4. The second-order valence-electron chi connectivity index (χ2n) is 14.5. The number of hydrogen-bond acceptors (Lipinski definition) is 5. The van der Waals surface area contributed by atoms with Gasteiger partial charge in [0.05, 0.1) is 16.6 Å². The predicted molar refractivity (Wildman–Crippen MR) is 238 cm³/mol. The van der Waals surface area contributed by atoms with E-state index in [9.17, 15) is 0 Å². The number of thiophene rings is 1. The van der Waals surface area contributed by atoms with Gasteiger partial charge in [-0.15, -0.1) is 11.3 Å². The maximum Gasteiger partial charge on any atom is 0.163 e. The summed E-state index contributed by atoms with van der Waals surface area (Å²) in [7, 11) is 0. The Morgan fingerprint density at radius 1 is 0.509 bits per heavy atom. The molecule has 0 saturated carbocycles. The van der Waals surface area contributed by atoms with Crippen LogP contribution in [0.2, 0.25) is 0 Å². The minimum Gasteiger partial charge on any atom is -0.455 e. The molecule has 1 atom stereocenters. The van der Waals surface area contributed by atoms with Crippen LogP contribution in [-0.4, -0.2) is 16.2 Å².